The van der Waals surface area contributed by atoms with Crippen LogP contribution in [0, 0.1) is 0 Å². The van der Waals surface area contributed by atoms with Crippen LogP contribution in [0.2, 0.25) is 0 Å². The van der Waals surface area contributed by atoms with Gasteiger partial charge in [0.1, 0.15) is 5.75 Å². The van der Waals surface area contributed by atoms with Crippen molar-refractivity contribution in [3.8, 4) is 5.75 Å². The molecule has 0 fully saturated rings. The van der Waals surface area contributed by atoms with Crippen LogP contribution in [0.3, 0.4) is 0 Å². The molecular weight excluding hydrogens is 250 g/mol. The summed E-state index contributed by atoms with van der Waals surface area (Å²) < 4.78 is 5.36. The van der Waals surface area contributed by atoms with Crippen molar-refractivity contribution in [3.05, 3.63) is 60.2 Å². The van der Waals surface area contributed by atoms with Crippen LogP contribution < -0.4 is 10.1 Å². The van der Waals surface area contributed by atoms with Crippen molar-refractivity contribution in [3.63, 3.8) is 0 Å². The smallest absolute Gasteiger partial charge is 0.224 e. The minimum absolute atomic E-state index is 0.0259. The Labute approximate surface area is 119 Å². The lowest BCUT2D eigenvalue weighted by Crippen LogP contribution is -2.12. The number of ether oxygens (including phenoxy) is 1. The van der Waals surface area contributed by atoms with E-state index in [-0.39, 0.29) is 5.91 Å². The lowest BCUT2D eigenvalue weighted by atomic mass is 10.1. The lowest BCUT2D eigenvalue weighted by molar-refractivity contribution is -0.116. The molecule has 0 bridgehead atoms. The van der Waals surface area contributed by atoms with Gasteiger partial charge in [0.2, 0.25) is 5.91 Å². The molecule has 0 spiro atoms. The molecule has 2 aromatic carbocycles. The summed E-state index contributed by atoms with van der Waals surface area (Å²) >= 11 is 0. The van der Waals surface area contributed by atoms with E-state index in [0.29, 0.717) is 13.0 Å². The maximum absolute atomic E-state index is 11.9. The SMILES string of the molecule is CCOc1ccc(NC(=O)CCc2ccccc2)cc1. The van der Waals surface area contributed by atoms with Crippen LogP contribution in [0.1, 0.15) is 18.9 Å². The van der Waals surface area contributed by atoms with Crippen molar-refractivity contribution in [1.29, 1.82) is 0 Å². The molecule has 20 heavy (non-hydrogen) atoms. The highest BCUT2D eigenvalue weighted by atomic mass is 16.5. The normalized spacial score (nSPS) is 10.1. The van der Waals surface area contributed by atoms with E-state index in [1.165, 1.54) is 5.56 Å². The van der Waals surface area contributed by atoms with E-state index in [0.717, 1.165) is 17.9 Å². The molecule has 0 heterocycles. The fourth-order valence-corrected chi connectivity index (χ4v) is 1.93. The molecule has 1 N–H and O–H groups in total. The molecule has 1 amide bonds. The van der Waals surface area contributed by atoms with Crippen molar-refractivity contribution in [2.24, 2.45) is 0 Å². The highest BCUT2D eigenvalue weighted by Crippen LogP contribution is 2.16. The summed E-state index contributed by atoms with van der Waals surface area (Å²) in [6.07, 6.45) is 1.24. The van der Waals surface area contributed by atoms with Gasteiger partial charge in [0, 0.05) is 12.1 Å². The second kappa shape index (κ2) is 7.34. The fourth-order valence-electron chi connectivity index (χ4n) is 1.93. The van der Waals surface area contributed by atoms with Crippen molar-refractivity contribution in [2.75, 3.05) is 11.9 Å². The van der Waals surface area contributed by atoms with E-state index in [2.05, 4.69) is 5.32 Å². The maximum Gasteiger partial charge on any atom is 0.224 e. The maximum atomic E-state index is 11.9. The number of carbonyl (C=O) groups is 1. The monoisotopic (exact) mass is 269 g/mol. The Morgan fingerprint density at radius 3 is 2.40 bits per heavy atom. The van der Waals surface area contributed by atoms with E-state index in [1.807, 2.05) is 61.5 Å². The summed E-state index contributed by atoms with van der Waals surface area (Å²) in [5.74, 6) is 0.841. The van der Waals surface area contributed by atoms with Gasteiger partial charge in [0.25, 0.3) is 0 Å². The summed E-state index contributed by atoms with van der Waals surface area (Å²) in [6.45, 7) is 2.59. The Morgan fingerprint density at radius 1 is 1.05 bits per heavy atom. The average Bonchev–Trinajstić information content (AvgIpc) is 2.49. The number of nitrogens with one attached hydrogen (secondary N) is 1. The Morgan fingerprint density at radius 2 is 1.75 bits per heavy atom. The second-order valence-corrected chi connectivity index (χ2v) is 4.49. The molecule has 0 aliphatic rings. The standard InChI is InChI=1S/C17H19NO2/c1-2-20-16-11-9-15(10-12-16)18-17(19)13-8-14-6-4-3-5-7-14/h3-7,9-12H,2,8,13H2,1H3,(H,18,19). The molecule has 3 heteroatoms. The molecule has 0 radical (unpaired) electrons. The van der Waals surface area contributed by atoms with Gasteiger partial charge in [-0.15, -0.1) is 0 Å². The number of benzene rings is 2. The highest BCUT2D eigenvalue weighted by molar-refractivity contribution is 5.90. The lowest BCUT2D eigenvalue weighted by Gasteiger charge is -2.07. The number of hydrogen-bond donors (Lipinski definition) is 1. The minimum atomic E-state index is 0.0259. The number of rotatable bonds is 6. The van der Waals surface area contributed by atoms with Crippen molar-refractivity contribution < 1.29 is 9.53 Å². The van der Waals surface area contributed by atoms with Gasteiger partial charge in [-0.3, -0.25) is 4.79 Å². The molecule has 0 atom stereocenters. The molecule has 0 saturated heterocycles. The van der Waals surface area contributed by atoms with Crippen molar-refractivity contribution in [2.45, 2.75) is 19.8 Å². The quantitative estimate of drug-likeness (QED) is 0.869. The van der Waals surface area contributed by atoms with E-state index in [9.17, 15) is 4.79 Å². The molecule has 104 valence electrons. The molecular formula is C17H19NO2. The first-order valence-corrected chi connectivity index (χ1v) is 6.84. The van der Waals surface area contributed by atoms with Gasteiger partial charge in [-0.2, -0.15) is 0 Å². The Kier molecular flexibility index (Phi) is 5.18. The molecule has 2 rings (SSSR count). The van der Waals surface area contributed by atoms with Gasteiger partial charge >= 0.3 is 0 Å². The van der Waals surface area contributed by atoms with Crippen LogP contribution in [0.5, 0.6) is 5.75 Å². The van der Waals surface area contributed by atoms with Crippen molar-refractivity contribution >= 4 is 11.6 Å². The summed E-state index contributed by atoms with van der Waals surface area (Å²) in [4.78, 5) is 11.9. The van der Waals surface area contributed by atoms with E-state index < -0.39 is 0 Å². The van der Waals surface area contributed by atoms with Gasteiger partial charge in [-0.05, 0) is 43.2 Å². The van der Waals surface area contributed by atoms with Crippen molar-refractivity contribution in [1.82, 2.24) is 0 Å². The van der Waals surface area contributed by atoms with Crippen LogP contribution >= 0.6 is 0 Å². The fraction of sp³-hybridized carbons (Fsp3) is 0.235. The molecule has 2 aromatic rings. The third-order valence-corrected chi connectivity index (χ3v) is 2.93. The van der Waals surface area contributed by atoms with Crippen LogP contribution in [0.4, 0.5) is 5.69 Å². The molecule has 0 saturated carbocycles. The molecule has 0 aliphatic heterocycles. The summed E-state index contributed by atoms with van der Waals surface area (Å²) in [5, 5.41) is 2.89. The van der Waals surface area contributed by atoms with E-state index in [4.69, 9.17) is 4.74 Å². The summed E-state index contributed by atoms with van der Waals surface area (Å²) in [7, 11) is 0. The van der Waals surface area contributed by atoms with Gasteiger partial charge in [0.05, 0.1) is 6.61 Å². The number of anilines is 1. The zero-order chi connectivity index (χ0) is 14.2. The first-order chi connectivity index (χ1) is 9.78. The van der Waals surface area contributed by atoms with Crippen LogP contribution in [0.25, 0.3) is 0 Å². The Hall–Kier alpha value is -2.29. The van der Waals surface area contributed by atoms with E-state index in [1.54, 1.807) is 0 Å². The minimum Gasteiger partial charge on any atom is -0.494 e. The number of aryl methyl sites for hydroxylation is 1. The van der Waals surface area contributed by atoms with Gasteiger partial charge < -0.3 is 10.1 Å². The molecule has 0 aliphatic carbocycles. The third-order valence-electron chi connectivity index (χ3n) is 2.93. The number of carbonyl (C=O) groups excluding carboxylic acids is 1. The van der Waals surface area contributed by atoms with E-state index >= 15 is 0 Å². The zero-order valence-electron chi connectivity index (χ0n) is 11.6. The Balaban J connectivity index is 1.82. The number of amides is 1. The van der Waals surface area contributed by atoms with Gasteiger partial charge in [-0.1, -0.05) is 30.3 Å². The molecule has 3 nitrogen and oxygen atoms in total. The highest BCUT2D eigenvalue weighted by Gasteiger charge is 2.03. The largest absolute Gasteiger partial charge is 0.494 e. The first kappa shape index (κ1) is 14.1. The summed E-state index contributed by atoms with van der Waals surface area (Å²) in [6, 6.07) is 17.4. The predicted molar refractivity (Wildman–Crippen MR) is 81.0 cm³/mol. The van der Waals surface area contributed by atoms with Crippen LogP contribution in [-0.2, 0) is 11.2 Å². The average molecular weight is 269 g/mol. The molecule has 0 unspecified atom stereocenters. The van der Waals surface area contributed by atoms with Crippen LogP contribution in [0.15, 0.2) is 54.6 Å². The zero-order valence-corrected chi connectivity index (χ0v) is 11.6. The third kappa shape index (κ3) is 4.43. The predicted octanol–water partition coefficient (Wildman–Crippen LogP) is 3.66. The topological polar surface area (TPSA) is 38.3 Å². The summed E-state index contributed by atoms with van der Waals surface area (Å²) in [5.41, 5.74) is 1.97. The first-order valence-electron chi connectivity index (χ1n) is 6.84. The second-order valence-electron chi connectivity index (χ2n) is 4.49. The molecule has 0 aromatic heterocycles. The van der Waals surface area contributed by atoms with Crippen LogP contribution in [-0.4, -0.2) is 12.5 Å². The number of hydrogen-bond acceptors (Lipinski definition) is 2. The Bertz CT molecular complexity index is 535. The van der Waals surface area contributed by atoms with Gasteiger partial charge in [-0.25, -0.2) is 0 Å². The van der Waals surface area contributed by atoms with Gasteiger partial charge in [0.15, 0.2) is 0 Å².